The van der Waals surface area contributed by atoms with Crippen LogP contribution in [0.5, 0.6) is 5.75 Å². The standard InChI is InChI=1S/C19H13FN2O3S/c1-10-17(19(23)24)26-18(22-10)12-3-5-14(13(7-12)9-21)11-4-6-16(25-2)15(20)8-11/h3-8H,1-2H3,(H,23,24). The van der Waals surface area contributed by atoms with Crippen molar-refractivity contribution in [2.75, 3.05) is 7.11 Å². The van der Waals surface area contributed by atoms with Crippen LogP contribution < -0.4 is 4.74 Å². The van der Waals surface area contributed by atoms with E-state index >= 15 is 0 Å². The van der Waals surface area contributed by atoms with Gasteiger partial charge in [0.05, 0.1) is 24.4 Å². The topological polar surface area (TPSA) is 83.2 Å². The molecule has 130 valence electrons. The van der Waals surface area contributed by atoms with Crippen LogP contribution in [-0.2, 0) is 0 Å². The van der Waals surface area contributed by atoms with E-state index in [4.69, 9.17) is 9.84 Å². The molecule has 0 aliphatic heterocycles. The molecule has 1 N–H and O–H groups in total. The van der Waals surface area contributed by atoms with Crippen molar-refractivity contribution in [3.05, 3.63) is 58.3 Å². The Labute approximate surface area is 152 Å². The Balaban J connectivity index is 2.06. The molecule has 26 heavy (non-hydrogen) atoms. The van der Waals surface area contributed by atoms with Crippen LogP contribution in [0.4, 0.5) is 4.39 Å². The van der Waals surface area contributed by atoms with Gasteiger partial charge in [-0.1, -0.05) is 18.2 Å². The van der Waals surface area contributed by atoms with E-state index in [1.807, 2.05) is 0 Å². The number of ether oxygens (including phenoxy) is 1. The van der Waals surface area contributed by atoms with Crippen molar-refractivity contribution in [1.29, 1.82) is 5.26 Å². The van der Waals surface area contributed by atoms with Crippen molar-refractivity contribution < 1.29 is 19.0 Å². The van der Waals surface area contributed by atoms with Gasteiger partial charge in [0.1, 0.15) is 9.88 Å². The molecule has 0 atom stereocenters. The zero-order valence-electron chi connectivity index (χ0n) is 13.9. The first-order chi connectivity index (χ1) is 12.4. The van der Waals surface area contributed by atoms with Gasteiger partial charge in [-0.05, 0) is 36.2 Å². The van der Waals surface area contributed by atoms with E-state index in [0.717, 1.165) is 11.3 Å². The lowest BCUT2D eigenvalue weighted by Gasteiger charge is -2.08. The first kappa shape index (κ1) is 17.6. The highest BCUT2D eigenvalue weighted by atomic mass is 32.1. The summed E-state index contributed by atoms with van der Waals surface area (Å²) in [6.07, 6.45) is 0. The monoisotopic (exact) mass is 368 g/mol. The lowest BCUT2D eigenvalue weighted by Crippen LogP contribution is -1.94. The number of rotatable bonds is 4. The van der Waals surface area contributed by atoms with Gasteiger partial charge in [-0.25, -0.2) is 14.2 Å². The number of hydrogen-bond donors (Lipinski definition) is 1. The number of nitrogens with zero attached hydrogens (tertiary/aromatic N) is 2. The van der Waals surface area contributed by atoms with E-state index in [2.05, 4.69) is 11.1 Å². The van der Waals surface area contributed by atoms with Gasteiger partial charge in [-0.15, -0.1) is 11.3 Å². The van der Waals surface area contributed by atoms with Gasteiger partial charge in [-0.2, -0.15) is 5.26 Å². The van der Waals surface area contributed by atoms with Gasteiger partial charge in [0.2, 0.25) is 0 Å². The second-order valence-electron chi connectivity index (χ2n) is 5.46. The molecular formula is C19H13FN2O3S. The fraction of sp³-hybridized carbons (Fsp3) is 0.105. The minimum Gasteiger partial charge on any atom is -0.494 e. The van der Waals surface area contributed by atoms with Crippen LogP contribution in [0.2, 0.25) is 0 Å². The molecule has 1 aromatic heterocycles. The van der Waals surface area contributed by atoms with Crippen molar-refractivity contribution in [2.45, 2.75) is 6.92 Å². The number of nitriles is 1. The van der Waals surface area contributed by atoms with E-state index in [1.165, 1.54) is 19.2 Å². The van der Waals surface area contributed by atoms with Gasteiger partial charge < -0.3 is 9.84 Å². The molecule has 0 saturated heterocycles. The summed E-state index contributed by atoms with van der Waals surface area (Å²) in [7, 11) is 1.38. The molecular weight excluding hydrogens is 355 g/mol. The van der Waals surface area contributed by atoms with Crippen LogP contribution in [-0.4, -0.2) is 23.2 Å². The number of carboxylic acid groups (broad SMARTS) is 1. The predicted molar refractivity (Wildman–Crippen MR) is 95.9 cm³/mol. The first-order valence-electron chi connectivity index (χ1n) is 7.53. The SMILES string of the molecule is COc1ccc(-c2ccc(-c3nc(C)c(C(=O)O)s3)cc2C#N)cc1F. The van der Waals surface area contributed by atoms with E-state index in [-0.39, 0.29) is 10.6 Å². The average molecular weight is 368 g/mol. The van der Waals surface area contributed by atoms with Crippen LogP contribution in [0, 0.1) is 24.1 Å². The third-order valence-corrected chi connectivity index (χ3v) is 5.04. The summed E-state index contributed by atoms with van der Waals surface area (Å²) >= 11 is 1.05. The summed E-state index contributed by atoms with van der Waals surface area (Å²) < 4.78 is 18.9. The van der Waals surface area contributed by atoms with Crippen LogP contribution in [0.15, 0.2) is 36.4 Å². The fourth-order valence-electron chi connectivity index (χ4n) is 2.57. The Kier molecular flexibility index (Phi) is 4.69. The minimum atomic E-state index is -1.03. The van der Waals surface area contributed by atoms with Gasteiger partial charge in [0.15, 0.2) is 11.6 Å². The summed E-state index contributed by atoms with van der Waals surface area (Å²) in [6, 6.07) is 11.7. The third-order valence-electron chi connectivity index (χ3n) is 3.84. The summed E-state index contributed by atoms with van der Waals surface area (Å²) in [6.45, 7) is 1.63. The average Bonchev–Trinajstić information content (AvgIpc) is 3.03. The normalized spacial score (nSPS) is 10.4. The minimum absolute atomic E-state index is 0.128. The molecule has 0 radical (unpaired) electrons. The maximum Gasteiger partial charge on any atom is 0.347 e. The highest BCUT2D eigenvalue weighted by molar-refractivity contribution is 7.17. The number of hydrogen-bond acceptors (Lipinski definition) is 5. The van der Waals surface area contributed by atoms with Gasteiger partial charge in [0, 0.05) is 5.56 Å². The Morgan fingerprint density at radius 3 is 2.58 bits per heavy atom. The maximum atomic E-state index is 14.0. The summed E-state index contributed by atoms with van der Waals surface area (Å²) in [5.74, 6) is -1.42. The second kappa shape index (κ2) is 6.94. The van der Waals surface area contributed by atoms with E-state index in [1.54, 1.807) is 31.2 Å². The first-order valence-corrected chi connectivity index (χ1v) is 8.35. The molecule has 5 nitrogen and oxygen atoms in total. The van der Waals surface area contributed by atoms with E-state index < -0.39 is 11.8 Å². The summed E-state index contributed by atoms with van der Waals surface area (Å²) in [4.78, 5) is 15.6. The molecule has 1 heterocycles. The highest BCUT2D eigenvalue weighted by Gasteiger charge is 2.16. The Morgan fingerprint density at radius 1 is 1.27 bits per heavy atom. The molecule has 7 heteroatoms. The molecule has 3 rings (SSSR count). The zero-order chi connectivity index (χ0) is 18.8. The van der Waals surface area contributed by atoms with Crippen LogP contribution in [0.3, 0.4) is 0 Å². The zero-order valence-corrected chi connectivity index (χ0v) is 14.7. The molecule has 0 amide bonds. The molecule has 0 fully saturated rings. The lowest BCUT2D eigenvalue weighted by atomic mass is 9.98. The number of carbonyl (C=O) groups is 1. The third kappa shape index (κ3) is 3.15. The van der Waals surface area contributed by atoms with Crippen molar-refractivity contribution >= 4 is 17.3 Å². The van der Waals surface area contributed by atoms with E-state index in [0.29, 0.717) is 33.0 Å². The second-order valence-corrected chi connectivity index (χ2v) is 6.46. The Bertz CT molecular complexity index is 1050. The summed E-state index contributed by atoms with van der Waals surface area (Å²) in [5.41, 5.74) is 2.53. The molecule has 3 aromatic rings. The highest BCUT2D eigenvalue weighted by Crippen LogP contribution is 2.33. The van der Waals surface area contributed by atoms with Crippen LogP contribution in [0.25, 0.3) is 21.7 Å². The van der Waals surface area contributed by atoms with Gasteiger partial charge >= 0.3 is 5.97 Å². The molecule has 0 aliphatic rings. The van der Waals surface area contributed by atoms with Crippen molar-refractivity contribution in [3.63, 3.8) is 0 Å². The van der Waals surface area contributed by atoms with Crippen LogP contribution >= 0.6 is 11.3 Å². The number of halogens is 1. The summed E-state index contributed by atoms with van der Waals surface area (Å²) in [5, 5.41) is 19.2. The smallest absolute Gasteiger partial charge is 0.347 e. The Hall–Kier alpha value is -3.24. The number of aromatic carboxylic acids is 1. The number of benzene rings is 2. The molecule has 0 saturated carbocycles. The molecule has 0 bridgehead atoms. The number of aromatic nitrogens is 1. The van der Waals surface area contributed by atoms with Crippen molar-refractivity contribution in [3.8, 4) is 33.5 Å². The van der Waals surface area contributed by atoms with E-state index in [9.17, 15) is 14.4 Å². The fourth-order valence-corrected chi connectivity index (χ4v) is 3.48. The number of aryl methyl sites for hydroxylation is 1. The largest absolute Gasteiger partial charge is 0.494 e. The molecule has 0 aliphatic carbocycles. The number of thiazole rings is 1. The quantitative estimate of drug-likeness (QED) is 0.733. The predicted octanol–water partition coefficient (Wildman–Crippen LogP) is 4.50. The van der Waals surface area contributed by atoms with Crippen LogP contribution in [0.1, 0.15) is 20.9 Å². The lowest BCUT2D eigenvalue weighted by molar-refractivity contribution is 0.0701. The number of carboxylic acids is 1. The molecule has 0 unspecified atom stereocenters. The van der Waals surface area contributed by atoms with Gasteiger partial charge in [-0.3, -0.25) is 0 Å². The molecule has 0 spiro atoms. The molecule has 2 aromatic carbocycles. The Morgan fingerprint density at radius 2 is 2.00 bits per heavy atom. The number of methoxy groups -OCH3 is 1. The maximum absolute atomic E-state index is 14.0. The van der Waals surface area contributed by atoms with Crippen molar-refractivity contribution in [1.82, 2.24) is 4.98 Å². The van der Waals surface area contributed by atoms with Gasteiger partial charge in [0.25, 0.3) is 0 Å². The van der Waals surface area contributed by atoms with Crippen molar-refractivity contribution in [2.24, 2.45) is 0 Å².